The lowest BCUT2D eigenvalue weighted by atomic mass is 9.55. The quantitative estimate of drug-likeness (QED) is 0.176. The summed E-state index contributed by atoms with van der Waals surface area (Å²) >= 11 is 14.7. The minimum atomic E-state index is -0.945. The van der Waals surface area contributed by atoms with E-state index < -0.39 is 33.3 Å². The van der Waals surface area contributed by atoms with Crippen LogP contribution < -0.4 is 0 Å². The number of hydrogen-bond acceptors (Lipinski definition) is 5. The van der Waals surface area contributed by atoms with Crippen LogP contribution >= 0.6 is 23.2 Å². The Morgan fingerprint density at radius 2 is 1.81 bits per heavy atom. The lowest BCUT2D eigenvalue weighted by Gasteiger charge is -2.45. The van der Waals surface area contributed by atoms with E-state index in [0.717, 1.165) is 23.1 Å². The molecule has 5 nitrogen and oxygen atoms in total. The second-order valence-electron chi connectivity index (χ2n) is 13.1. The van der Waals surface area contributed by atoms with Gasteiger partial charge in [-0.2, -0.15) is 0 Å². The number of halogens is 2. The van der Waals surface area contributed by atoms with E-state index in [0.29, 0.717) is 24.8 Å². The van der Waals surface area contributed by atoms with Crippen LogP contribution in [0.5, 0.6) is 0 Å². The molecule has 196 valence electrons. The van der Waals surface area contributed by atoms with E-state index in [1.54, 1.807) is 6.08 Å². The van der Waals surface area contributed by atoms with Gasteiger partial charge in [0.2, 0.25) is 0 Å². The summed E-state index contributed by atoms with van der Waals surface area (Å²) in [7, 11) is 0. The van der Waals surface area contributed by atoms with Crippen molar-refractivity contribution < 1.29 is 23.9 Å². The zero-order chi connectivity index (χ0) is 26.4. The summed E-state index contributed by atoms with van der Waals surface area (Å²) < 4.78 is 12.4. The Balaban J connectivity index is 1.43. The van der Waals surface area contributed by atoms with Gasteiger partial charge in [-0.05, 0) is 52.5 Å². The number of alkyl halides is 2. The van der Waals surface area contributed by atoms with Crippen LogP contribution in [-0.4, -0.2) is 40.2 Å². The van der Waals surface area contributed by atoms with Crippen LogP contribution in [0.4, 0.5) is 0 Å². The average Bonchev–Trinajstić information content (AvgIpc) is 3.48. The van der Waals surface area contributed by atoms with Gasteiger partial charge in [-0.15, -0.1) is 23.2 Å². The van der Waals surface area contributed by atoms with Gasteiger partial charge in [-0.25, -0.2) is 4.79 Å². The molecular formula is C30H32Cl2O5. The molecule has 1 spiro atoms. The number of rotatable bonds is 0. The molecule has 2 bridgehead atoms. The van der Waals surface area contributed by atoms with E-state index in [1.165, 1.54) is 0 Å². The summed E-state index contributed by atoms with van der Waals surface area (Å²) in [5, 5.41) is -0.390. The zero-order valence-electron chi connectivity index (χ0n) is 21.6. The Morgan fingerprint density at radius 1 is 1.08 bits per heavy atom. The number of esters is 2. The second kappa shape index (κ2) is 7.01. The highest BCUT2D eigenvalue weighted by Crippen LogP contribution is 2.81. The van der Waals surface area contributed by atoms with Gasteiger partial charge in [0.15, 0.2) is 5.78 Å². The first-order valence-electron chi connectivity index (χ1n) is 13.4. The molecule has 37 heavy (non-hydrogen) atoms. The van der Waals surface area contributed by atoms with E-state index in [2.05, 4.69) is 32.6 Å². The molecule has 0 radical (unpaired) electrons. The first-order valence-corrected chi connectivity index (χ1v) is 14.2. The molecule has 11 atom stereocenters. The number of carbonyl (C=O) groups is 3. The van der Waals surface area contributed by atoms with Crippen LogP contribution in [0.2, 0.25) is 0 Å². The minimum absolute atomic E-state index is 0.00290. The fourth-order valence-electron chi connectivity index (χ4n) is 10.0. The van der Waals surface area contributed by atoms with Crippen LogP contribution in [0.3, 0.4) is 0 Å². The predicted molar refractivity (Wildman–Crippen MR) is 139 cm³/mol. The van der Waals surface area contributed by atoms with Gasteiger partial charge in [0.25, 0.3) is 0 Å². The van der Waals surface area contributed by atoms with E-state index >= 15 is 0 Å². The van der Waals surface area contributed by atoms with Crippen molar-refractivity contribution in [2.45, 2.75) is 75.8 Å². The maximum Gasteiger partial charge on any atom is 0.334 e. The normalized spacial score (nSPS) is 53.5. The van der Waals surface area contributed by atoms with Gasteiger partial charge in [0, 0.05) is 51.0 Å². The highest BCUT2D eigenvalue weighted by molar-refractivity contribution is 6.24. The number of allylic oxidation sites excluding steroid dienone is 4. The SMILES string of the molecule is C=C1C(=O)OC2C1CC[C@](C)(Cl)C13C=C[C@](C)(C21)C1(C3)C(=O)OC2C3C(C)=CC(=O)C3=C(C)C[C@H](Cl)C21. The number of hydrogen-bond donors (Lipinski definition) is 0. The molecule has 5 aliphatic carbocycles. The van der Waals surface area contributed by atoms with Crippen LogP contribution in [0.25, 0.3) is 0 Å². The highest BCUT2D eigenvalue weighted by atomic mass is 35.5. The van der Waals surface area contributed by atoms with Crippen LogP contribution in [0.15, 0.2) is 47.1 Å². The molecule has 0 N–H and O–H groups in total. The number of fused-ring (bicyclic) bond motifs is 6. The van der Waals surface area contributed by atoms with Crippen molar-refractivity contribution in [2.24, 2.45) is 39.9 Å². The second-order valence-corrected chi connectivity index (χ2v) is 14.5. The zero-order valence-corrected chi connectivity index (χ0v) is 23.1. The predicted octanol–water partition coefficient (Wildman–Crippen LogP) is 5.46. The molecule has 8 unspecified atom stereocenters. The molecule has 0 aromatic carbocycles. The molecule has 4 fully saturated rings. The molecular weight excluding hydrogens is 511 g/mol. The fraction of sp³-hybridized carbons (Fsp3) is 0.633. The molecule has 0 aromatic heterocycles. The molecule has 2 saturated carbocycles. The molecule has 2 aliphatic heterocycles. The first kappa shape index (κ1) is 24.2. The van der Waals surface area contributed by atoms with Crippen molar-refractivity contribution in [3.63, 3.8) is 0 Å². The average molecular weight is 543 g/mol. The van der Waals surface area contributed by atoms with Gasteiger partial charge < -0.3 is 9.47 Å². The smallest absolute Gasteiger partial charge is 0.334 e. The largest absolute Gasteiger partial charge is 0.461 e. The third-order valence-corrected chi connectivity index (χ3v) is 12.6. The lowest BCUT2D eigenvalue weighted by molar-refractivity contribution is -0.155. The number of carbonyl (C=O) groups excluding carboxylic acids is 3. The van der Waals surface area contributed by atoms with E-state index in [-0.39, 0.29) is 46.8 Å². The van der Waals surface area contributed by atoms with Crippen molar-refractivity contribution in [2.75, 3.05) is 0 Å². The Morgan fingerprint density at radius 3 is 2.54 bits per heavy atom. The highest BCUT2D eigenvalue weighted by Gasteiger charge is 2.83. The van der Waals surface area contributed by atoms with E-state index in [4.69, 9.17) is 32.7 Å². The monoisotopic (exact) mass is 542 g/mol. The van der Waals surface area contributed by atoms with Crippen LogP contribution in [0, 0.1) is 39.9 Å². The van der Waals surface area contributed by atoms with Gasteiger partial charge in [-0.3, -0.25) is 9.59 Å². The van der Waals surface area contributed by atoms with Crippen LogP contribution in [-0.2, 0) is 23.9 Å². The molecule has 7 rings (SSSR count). The molecule has 7 aliphatic rings. The molecule has 2 saturated heterocycles. The number of ether oxygens (including phenoxy) is 2. The lowest BCUT2D eigenvalue weighted by Crippen LogP contribution is -2.51. The Bertz CT molecular complexity index is 1310. The van der Waals surface area contributed by atoms with Crippen molar-refractivity contribution >= 4 is 40.9 Å². The maximum absolute atomic E-state index is 14.3. The fourth-order valence-corrected chi connectivity index (χ4v) is 11.0. The van der Waals surface area contributed by atoms with Gasteiger partial charge >= 0.3 is 11.9 Å². The molecule has 2 heterocycles. The number of ketones is 1. The standard InChI is InChI=1S/C30H32Cl2O5/c1-13-10-17(31)21-23(20-14(2)11-18(33)19(13)20)37-26(35)30(21)12-29-9-8-27(30,4)24(29)22-16(6-7-28(29,5)32)15(3)25(34)36-22/h8-9,11,16-17,20-24H,3,6-7,10,12H2,1-2,4-5H3/t16?,17-,20?,21?,22?,23?,24?,27+,28-,29?,30?/m0/s1. The molecule has 0 amide bonds. The summed E-state index contributed by atoms with van der Waals surface area (Å²) in [6.45, 7) is 12.2. The maximum atomic E-state index is 14.3. The van der Waals surface area contributed by atoms with E-state index in [9.17, 15) is 14.4 Å². The summed E-state index contributed by atoms with van der Waals surface area (Å²) in [5.74, 6) is -1.54. The summed E-state index contributed by atoms with van der Waals surface area (Å²) in [6.07, 6.45) is 7.52. The molecule has 7 heteroatoms. The summed E-state index contributed by atoms with van der Waals surface area (Å²) in [6, 6.07) is 0. The van der Waals surface area contributed by atoms with Crippen molar-refractivity contribution in [3.05, 3.63) is 47.1 Å². The van der Waals surface area contributed by atoms with Crippen molar-refractivity contribution in [1.29, 1.82) is 0 Å². The minimum Gasteiger partial charge on any atom is -0.461 e. The molecule has 0 aromatic rings. The summed E-state index contributed by atoms with van der Waals surface area (Å²) in [5.41, 5.74) is 0.923. The van der Waals surface area contributed by atoms with Crippen LogP contribution in [0.1, 0.15) is 53.4 Å². The van der Waals surface area contributed by atoms with Gasteiger partial charge in [0.05, 0.1) is 10.3 Å². The van der Waals surface area contributed by atoms with Gasteiger partial charge in [0.1, 0.15) is 12.2 Å². The Labute approximate surface area is 227 Å². The van der Waals surface area contributed by atoms with Crippen molar-refractivity contribution in [3.8, 4) is 0 Å². The Kier molecular flexibility index (Phi) is 4.59. The van der Waals surface area contributed by atoms with E-state index in [1.807, 2.05) is 13.8 Å². The van der Waals surface area contributed by atoms with Crippen molar-refractivity contribution in [1.82, 2.24) is 0 Å². The topological polar surface area (TPSA) is 69.7 Å². The third-order valence-electron chi connectivity index (χ3n) is 11.7. The third kappa shape index (κ3) is 2.49. The first-order chi connectivity index (χ1) is 17.3. The summed E-state index contributed by atoms with van der Waals surface area (Å²) in [4.78, 5) is 39.4. The van der Waals surface area contributed by atoms with Gasteiger partial charge in [-0.1, -0.05) is 36.8 Å². The Hall–Kier alpha value is -1.85.